The fourth-order valence-corrected chi connectivity index (χ4v) is 1.58. The summed E-state index contributed by atoms with van der Waals surface area (Å²) in [4.78, 5) is 3.91. The molecule has 0 saturated carbocycles. The van der Waals surface area contributed by atoms with Gasteiger partial charge in [0.25, 0.3) is 0 Å². The van der Waals surface area contributed by atoms with Crippen LogP contribution in [0.4, 0.5) is 0 Å². The van der Waals surface area contributed by atoms with Crippen molar-refractivity contribution in [2.45, 2.75) is 6.42 Å². The molecule has 1 aromatic heterocycles. The molecular weight excluding hydrogens is 223 g/mol. The van der Waals surface area contributed by atoms with Crippen molar-refractivity contribution in [3.05, 3.63) is 46.0 Å². The van der Waals surface area contributed by atoms with Gasteiger partial charge in [-0.25, -0.2) is 0 Å². The highest BCUT2D eigenvalue weighted by molar-refractivity contribution is 6.35. The van der Waals surface area contributed by atoms with Crippen LogP contribution in [0.25, 0.3) is 0 Å². The topological polar surface area (TPSA) is 38.9 Å². The van der Waals surface area contributed by atoms with Gasteiger partial charge in [-0.1, -0.05) is 34.4 Å². The molecule has 14 heavy (non-hydrogen) atoms. The molecule has 0 N–H and O–H groups in total. The Morgan fingerprint density at radius 3 is 2.79 bits per heavy atom. The minimum Gasteiger partial charge on any atom is -0.343 e. The second-order valence-electron chi connectivity index (χ2n) is 2.76. The fourth-order valence-electron chi connectivity index (χ4n) is 1.11. The molecule has 0 aliphatic carbocycles. The molecule has 5 heteroatoms. The van der Waals surface area contributed by atoms with E-state index in [1.807, 2.05) is 6.07 Å². The monoisotopic (exact) mass is 228 g/mol. The summed E-state index contributed by atoms with van der Waals surface area (Å²) in [6.45, 7) is 0. The zero-order valence-electron chi connectivity index (χ0n) is 7.08. The average molecular weight is 229 g/mol. The highest BCUT2D eigenvalue weighted by Gasteiger charge is 2.05. The quantitative estimate of drug-likeness (QED) is 0.794. The van der Waals surface area contributed by atoms with E-state index in [-0.39, 0.29) is 0 Å². The Kier molecular flexibility index (Phi) is 2.70. The van der Waals surface area contributed by atoms with Crippen molar-refractivity contribution >= 4 is 23.2 Å². The number of aromatic nitrogens is 2. The first-order chi connectivity index (χ1) is 6.75. The molecule has 0 aliphatic heterocycles. The fraction of sp³-hybridized carbons (Fsp3) is 0.111. The van der Waals surface area contributed by atoms with Crippen molar-refractivity contribution < 1.29 is 4.52 Å². The van der Waals surface area contributed by atoms with E-state index < -0.39 is 0 Å². The Morgan fingerprint density at radius 1 is 1.29 bits per heavy atom. The van der Waals surface area contributed by atoms with E-state index >= 15 is 0 Å². The van der Waals surface area contributed by atoms with Crippen LogP contribution in [0.2, 0.25) is 10.0 Å². The van der Waals surface area contributed by atoms with Crippen LogP contribution in [0.15, 0.2) is 29.1 Å². The maximum absolute atomic E-state index is 5.98. The molecule has 0 unspecified atom stereocenters. The summed E-state index contributed by atoms with van der Waals surface area (Å²) < 4.78 is 4.62. The van der Waals surface area contributed by atoms with E-state index in [0.717, 1.165) is 5.56 Å². The van der Waals surface area contributed by atoms with Gasteiger partial charge >= 0.3 is 0 Å². The average Bonchev–Trinajstić information content (AvgIpc) is 2.62. The van der Waals surface area contributed by atoms with Gasteiger partial charge < -0.3 is 4.52 Å². The van der Waals surface area contributed by atoms with Gasteiger partial charge in [0.05, 0.1) is 0 Å². The normalized spacial score (nSPS) is 10.4. The molecular formula is C9H6Cl2N2O. The van der Waals surface area contributed by atoms with Gasteiger partial charge in [0.15, 0.2) is 5.82 Å². The summed E-state index contributed by atoms with van der Waals surface area (Å²) in [5.41, 5.74) is 0.928. The van der Waals surface area contributed by atoms with Crippen molar-refractivity contribution in [2.24, 2.45) is 0 Å². The van der Waals surface area contributed by atoms with Crippen molar-refractivity contribution in [3.8, 4) is 0 Å². The zero-order chi connectivity index (χ0) is 9.97. The van der Waals surface area contributed by atoms with Gasteiger partial charge in [0.2, 0.25) is 6.39 Å². The third-order valence-electron chi connectivity index (χ3n) is 1.77. The molecule has 0 radical (unpaired) electrons. The first kappa shape index (κ1) is 9.49. The van der Waals surface area contributed by atoms with E-state index in [9.17, 15) is 0 Å². The number of nitrogens with zero attached hydrogens (tertiary/aromatic N) is 2. The lowest BCUT2D eigenvalue weighted by molar-refractivity contribution is 0.411. The van der Waals surface area contributed by atoms with E-state index in [1.54, 1.807) is 12.1 Å². The van der Waals surface area contributed by atoms with E-state index in [1.165, 1.54) is 6.39 Å². The molecule has 0 amide bonds. The number of rotatable bonds is 2. The molecule has 0 bridgehead atoms. The van der Waals surface area contributed by atoms with Gasteiger partial charge in [0, 0.05) is 16.5 Å². The molecule has 2 rings (SSSR count). The van der Waals surface area contributed by atoms with Crippen LogP contribution in [-0.4, -0.2) is 10.1 Å². The van der Waals surface area contributed by atoms with E-state index in [0.29, 0.717) is 22.3 Å². The van der Waals surface area contributed by atoms with Gasteiger partial charge in [-0.05, 0) is 17.7 Å². The van der Waals surface area contributed by atoms with Crippen molar-refractivity contribution in [2.75, 3.05) is 0 Å². The Labute approximate surface area is 90.6 Å². The molecule has 0 saturated heterocycles. The number of hydrogen-bond donors (Lipinski definition) is 0. The second-order valence-corrected chi connectivity index (χ2v) is 3.60. The predicted molar refractivity (Wildman–Crippen MR) is 53.6 cm³/mol. The highest BCUT2D eigenvalue weighted by Crippen LogP contribution is 2.22. The van der Waals surface area contributed by atoms with Crippen LogP contribution in [0.5, 0.6) is 0 Å². The maximum Gasteiger partial charge on any atom is 0.213 e. The lowest BCUT2D eigenvalue weighted by atomic mass is 10.1. The lowest BCUT2D eigenvalue weighted by Gasteiger charge is -2.00. The summed E-state index contributed by atoms with van der Waals surface area (Å²) in [5.74, 6) is 0.606. The second kappa shape index (κ2) is 3.98. The standard InChI is InChI=1S/C9H6Cl2N2O/c10-7-2-1-6(8(11)4-7)3-9-12-5-14-13-9/h1-2,4-5H,3H2. The van der Waals surface area contributed by atoms with Gasteiger partial charge in [-0.3, -0.25) is 0 Å². The summed E-state index contributed by atoms with van der Waals surface area (Å²) in [7, 11) is 0. The van der Waals surface area contributed by atoms with Crippen molar-refractivity contribution in [1.29, 1.82) is 0 Å². The summed E-state index contributed by atoms with van der Waals surface area (Å²) in [5, 5.41) is 4.93. The first-order valence-corrected chi connectivity index (χ1v) is 4.70. The number of halogens is 2. The molecule has 0 atom stereocenters. The summed E-state index contributed by atoms with van der Waals surface area (Å²) in [6.07, 6.45) is 1.84. The van der Waals surface area contributed by atoms with E-state index in [2.05, 4.69) is 14.7 Å². The third-order valence-corrected chi connectivity index (χ3v) is 2.36. The zero-order valence-corrected chi connectivity index (χ0v) is 8.59. The molecule has 72 valence electrons. The van der Waals surface area contributed by atoms with Crippen molar-refractivity contribution in [3.63, 3.8) is 0 Å². The molecule has 0 fully saturated rings. The first-order valence-electron chi connectivity index (χ1n) is 3.95. The van der Waals surface area contributed by atoms with E-state index in [4.69, 9.17) is 23.2 Å². The Morgan fingerprint density at radius 2 is 2.14 bits per heavy atom. The predicted octanol–water partition coefficient (Wildman–Crippen LogP) is 2.97. The largest absolute Gasteiger partial charge is 0.343 e. The maximum atomic E-state index is 5.98. The highest BCUT2D eigenvalue weighted by atomic mass is 35.5. The van der Waals surface area contributed by atoms with Crippen LogP contribution < -0.4 is 0 Å². The molecule has 1 heterocycles. The minimum absolute atomic E-state index is 0.548. The molecule has 2 aromatic rings. The number of benzene rings is 1. The lowest BCUT2D eigenvalue weighted by Crippen LogP contribution is -1.91. The molecule has 0 spiro atoms. The third kappa shape index (κ3) is 2.05. The Balaban J connectivity index is 2.25. The SMILES string of the molecule is Clc1ccc(Cc2ncon2)c(Cl)c1. The van der Waals surface area contributed by atoms with Crippen LogP contribution in [0, 0.1) is 0 Å². The molecule has 3 nitrogen and oxygen atoms in total. The van der Waals surface area contributed by atoms with Gasteiger partial charge in [0.1, 0.15) is 0 Å². The number of hydrogen-bond acceptors (Lipinski definition) is 3. The summed E-state index contributed by atoms with van der Waals surface area (Å²) >= 11 is 11.7. The van der Waals surface area contributed by atoms with Crippen LogP contribution in [0.3, 0.4) is 0 Å². The Hall–Kier alpha value is -1.06. The molecule has 0 aliphatic rings. The minimum atomic E-state index is 0.548. The van der Waals surface area contributed by atoms with Crippen LogP contribution in [0.1, 0.15) is 11.4 Å². The van der Waals surface area contributed by atoms with Crippen LogP contribution in [-0.2, 0) is 6.42 Å². The smallest absolute Gasteiger partial charge is 0.213 e. The van der Waals surface area contributed by atoms with Gasteiger partial charge in [-0.2, -0.15) is 4.98 Å². The van der Waals surface area contributed by atoms with Crippen LogP contribution >= 0.6 is 23.2 Å². The van der Waals surface area contributed by atoms with Crippen molar-refractivity contribution in [1.82, 2.24) is 10.1 Å². The van der Waals surface area contributed by atoms with Gasteiger partial charge in [-0.15, -0.1) is 0 Å². The molecule has 1 aromatic carbocycles. The Bertz CT molecular complexity index is 428. The summed E-state index contributed by atoms with van der Waals surface area (Å²) in [6, 6.07) is 5.32.